The van der Waals surface area contributed by atoms with Crippen molar-refractivity contribution in [1.29, 1.82) is 0 Å². The normalized spacial score (nSPS) is 17.5. The molecule has 0 bridgehead atoms. The molecule has 26 heavy (non-hydrogen) atoms. The highest BCUT2D eigenvalue weighted by Crippen LogP contribution is 2.22. The van der Waals surface area contributed by atoms with Crippen LogP contribution in [-0.2, 0) is 13.0 Å². The lowest BCUT2D eigenvalue weighted by Gasteiger charge is -2.33. The number of nitrogens with zero attached hydrogens (tertiary/aromatic N) is 3. The standard InChI is InChI=1S/C22H29N3O/c1-17-6-7-19(14-23-17)13-20-5-4-12-25(16-20)22(26)21-10-8-18(9-11-21)15-24(2)3/h6-11,14,20H,4-5,12-13,15-16H2,1-3H3/t20-/m0/s1. The third-order valence-electron chi connectivity index (χ3n) is 5.00. The number of aromatic nitrogens is 1. The molecule has 4 heteroatoms. The van der Waals surface area contributed by atoms with Crippen molar-refractivity contribution in [3.05, 3.63) is 65.0 Å². The monoisotopic (exact) mass is 351 g/mol. The molecule has 1 aliphatic heterocycles. The minimum Gasteiger partial charge on any atom is -0.338 e. The van der Waals surface area contributed by atoms with E-state index in [-0.39, 0.29) is 5.91 Å². The Morgan fingerprint density at radius 1 is 1.15 bits per heavy atom. The molecule has 1 amide bonds. The van der Waals surface area contributed by atoms with Gasteiger partial charge >= 0.3 is 0 Å². The molecule has 0 unspecified atom stereocenters. The molecule has 0 saturated carbocycles. The number of hydrogen-bond acceptors (Lipinski definition) is 3. The number of piperidine rings is 1. The SMILES string of the molecule is Cc1ccc(C[C@@H]2CCCN(C(=O)c3ccc(CN(C)C)cc3)C2)cn1. The van der Waals surface area contributed by atoms with Gasteiger partial charge in [-0.05, 0) is 75.5 Å². The second-order valence-electron chi connectivity index (χ2n) is 7.71. The molecular formula is C22H29N3O. The van der Waals surface area contributed by atoms with E-state index in [1.165, 1.54) is 17.5 Å². The predicted octanol–water partition coefficient (Wildman–Crippen LogP) is 3.55. The van der Waals surface area contributed by atoms with E-state index in [2.05, 4.69) is 48.2 Å². The van der Waals surface area contributed by atoms with Crippen LogP contribution in [0.4, 0.5) is 0 Å². The largest absolute Gasteiger partial charge is 0.338 e. The highest BCUT2D eigenvalue weighted by Gasteiger charge is 2.24. The van der Waals surface area contributed by atoms with Crippen molar-refractivity contribution >= 4 is 5.91 Å². The van der Waals surface area contributed by atoms with Gasteiger partial charge in [0, 0.05) is 37.1 Å². The van der Waals surface area contributed by atoms with Gasteiger partial charge in [0.25, 0.3) is 5.91 Å². The summed E-state index contributed by atoms with van der Waals surface area (Å²) >= 11 is 0. The van der Waals surface area contributed by atoms with Crippen molar-refractivity contribution in [3.63, 3.8) is 0 Å². The first-order chi connectivity index (χ1) is 12.5. The first-order valence-electron chi connectivity index (χ1n) is 9.46. The van der Waals surface area contributed by atoms with Crippen LogP contribution >= 0.6 is 0 Å². The number of aryl methyl sites for hydroxylation is 1. The van der Waals surface area contributed by atoms with Crippen LogP contribution < -0.4 is 0 Å². The average molecular weight is 351 g/mol. The summed E-state index contributed by atoms with van der Waals surface area (Å²) in [6.07, 6.45) is 5.23. The molecule has 1 aromatic heterocycles. The Balaban J connectivity index is 1.61. The number of likely N-dealkylation sites (tertiary alicyclic amines) is 1. The summed E-state index contributed by atoms with van der Waals surface area (Å²) in [5.41, 5.74) is 4.34. The summed E-state index contributed by atoms with van der Waals surface area (Å²) in [5.74, 6) is 0.679. The zero-order chi connectivity index (χ0) is 18.5. The number of amides is 1. The van der Waals surface area contributed by atoms with Crippen LogP contribution in [0.1, 0.15) is 40.0 Å². The molecule has 0 spiro atoms. The fourth-order valence-electron chi connectivity index (χ4n) is 3.67. The second-order valence-corrected chi connectivity index (χ2v) is 7.71. The van der Waals surface area contributed by atoms with Gasteiger partial charge in [0.15, 0.2) is 0 Å². The summed E-state index contributed by atoms with van der Waals surface area (Å²) in [7, 11) is 4.10. The van der Waals surface area contributed by atoms with Gasteiger partial charge in [-0.15, -0.1) is 0 Å². The molecule has 1 fully saturated rings. The van der Waals surface area contributed by atoms with Crippen molar-refractivity contribution in [2.24, 2.45) is 5.92 Å². The van der Waals surface area contributed by atoms with Crippen LogP contribution in [0.3, 0.4) is 0 Å². The number of pyridine rings is 1. The molecule has 1 aromatic carbocycles. The van der Waals surface area contributed by atoms with Gasteiger partial charge < -0.3 is 9.80 Å². The molecule has 0 N–H and O–H groups in total. The minimum atomic E-state index is 0.160. The Labute approximate surface area is 156 Å². The number of rotatable bonds is 5. The van der Waals surface area contributed by atoms with Gasteiger partial charge in [0.05, 0.1) is 0 Å². The van der Waals surface area contributed by atoms with Crippen LogP contribution in [-0.4, -0.2) is 47.9 Å². The molecule has 2 heterocycles. The quantitative estimate of drug-likeness (QED) is 0.827. The van der Waals surface area contributed by atoms with Crippen LogP contribution in [0.15, 0.2) is 42.6 Å². The molecular weight excluding hydrogens is 322 g/mol. The number of benzene rings is 1. The van der Waals surface area contributed by atoms with E-state index in [0.29, 0.717) is 5.92 Å². The summed E-state index contributed by atoms with van der Waals surface area (Å²) in [6.45, 7) is 4.60. The Morgan fingerprint density at radius 3 is 2.54 bits per heavy atom. The van der Waals surface area contributed by atoms with Gasteiger partial charge in [-0.2, -0.15) is 0 Å². The van der Waals surface area contributed by atoms with Crippen molar-refractivity contribution in [2.45, 2.75) is 32.7 Å². The highest BCUT2D eigenvalue weighted by atomic mass is 16.2. The van der Waals surface area contributed by atoms with E-state index in [9.17, 15) is 4.79 Å². The van der Waals surface area contributed by atoms with E-state index in [0.717, 1.165) is 43.7 Å². The fraction of sp³-hybridized carbons (Fsp3) is 0.455. The van der Waals surface area contributed by atoms with Crippen molar-refractivity contribution in [2.75, 3.05) is 27.2 Å². The molecule has 4 nitrogen and oxygen atoms in total. The molecule has 1 aliphatic rings. The Kier molecular flexibility index (Phi) is 6.04. The lowest BCUT2D eigenvalue weighted by atomic mass is 9.91. The van der Waals surface area contributed by atoms with Gasteiger partial charge in [-0.25, -0.2) is 0 Å². The first kappa shape index (κ1) is 18.6. The molecule has 0 aliphatic carbocycles. The predicted molar refractivity (Wildman–Crippen MR) is 105 cm³/mol. The highest BCUT2D eigenvalue weighted by molar-refractivity contribution is 5.94. The van der Waals surface area contributed by atoms with Crippen LogP contribution in [0.5, 0.6) is 0 Å². The van der Waals surface area contributed by atoms with E-state index in [1.54, 1.807) is 0 Å². The van der Waals surface area contributed by atoms with Crippen LogP contribution in [0.2, 0.25) is 0 Å². The minimum absolute atomic E-state index is 0.160. The number of carbonyl (C=O) groups excluding carboxylic acids is 1. The van der Waals surface area contributed by atoms with Crippen LogP contribution in [0, 0.1) is 12.8 Å². The van der Waals surface area contributed by atoms with Crippen molar-refractivity contribution in [3.8, 4) is 0 Å². The van der Waals surface area contributed by atoms with E-state index >= 15 is 0 Å². The summed E-state index contributed by atoms with van der Waals surface area (Å²) in [4.78, 5) is 21.4. The summed E-state index contributed by atoms with van der Waals surface area (Å²) in [6, 6.07) is 12.3. The average Bonchev–Trinajstić information content (AvgIpc) is 2.63. The third kappa shape index (κ3) is 4.92. The zero-order valence-electron chi connectivity index (χ0n) is 16.1. The Hall–Kier alpha value is -2.20. The fourth-order valence-corrected chi connectivity index (χ4v) is 3.67. The lowest BCUT2D eigenvalue weighted by Crippen LogP contribution is -2.40. The Morgan fingerprint density at radius 2 is 1.88 bits per heavy atom. The van der Waals surface area contributed by atoms with Crippen LogP contribution in [0.25, 0.3) is 0 Å². The van der Waals surface area contributed by atoms with E-state index < -0.39 is 0 Å². The van der Waals surface area contributed by atoms with Gasteiger partial charge in [-0.1, -0.05) is 18.2 Å². The Bertz CT molecular complexity index is 722. The maximum atomic E-state index is 12.9. The molecule has 2 aromatic rings. The second kappa shape index (κ2) is 8.45. The molecule has 0 radical (unpaired) electrons. The number of hydrogen-bond donors (Lipinski definition) is 0. The van der Waals surface area contributed by atoms with E-state index in [1.807, 2.05) is 30.2 Å². The maximum absolute atomic E-state index is 12.9. The zero-order valence-corrected chi connectivity index (χ0v) is 16.1. The first-order valence-corrected chi connectivity index (χ1v) is 9.46. The molecule has 1 atom stereocenters. The smallest absolute Gasteiger partial charge is 0.253 e. The summed E-state index contributed by atoms with van der Waals surface area (Å²) in [5, 5.41) is 0. The molecule has 3 rings (SSSR count). The third-order valence-corrected chi connectivity index (χ3v) is 5.00. The molecule has 1 saturated heterocycles. The summed E-state index contributed by atoms with van der Waals surface area (Å²) < 4.78 is 0. The van der Waals surface area contributed by atoms with Crippen molar-refractivity contribution < 1.29 is 4.79 Å². The van der Waals surface area contributed by atoms with Gasteiger partial charge in [-0.3, -0.25) is 9.78 Å². The topological polar surface area (TPSA) is 36.4 Å². The number of carbonyl (C=O) groups is 1. The molecule has 138 valence electrons. The van der Waals surface area contributed by atoms with E-state index in [4.69, 9.17) is 0 Å². The van der Waals surface area contributed by atoms with Crippen molar-refractivity contribution in [1.82, 2.24) is 14.8 Å². The lowest BCUT2D eigenvalue weighted by molar-refractivity contribution is 0.0673. The van der Waals surface area contributed by atoms with Gasteiger partial charge in [0.1, 0.15) is 0 Å². The maximum Gasteiger partial charge on any atom is 0.253 e. The van der Waals surface area contributed by atoms with Gasteiger partial charge in [0.2, 0.25) is 0 Å².